The van der Waals surface area contributed by atoms with E-state index >= 15 is 0 Å². The van der Waals surface area contributed by atoms with Crippen LogP contribution in [0.25, 0.3) is 0 Å². The zero-order chi connectivity index (χ0) is 14.9. The molecule has 3 heteroatoms. The van der Waals surface area contributed by atoms with Crippen LogP contribution in [0, 0.1) is 0 Å². The van der Waals surface area contributed by atoms with Crippen LogP contribution in [-0.4, -0.2) is 25.0 Å². The fourth-order valence-electron chi connectivity index (χ4n) is 3.47. The second-order valence-electron chi connectivity index (χ2n) is 7.32. The van der Waals surface area contributed by atoms with Crippen molar-refractivity contribution in [2.45, 2.75) is 63.7 Å². The van der Waals surface area contributed by atoms with E-state index in [2.05, 4.69) is 50.4 Å². The van der Waals surface area contributed by atoms with Gasteiger partial charge >= 0.3 is 0 Å². The van der Waals surface area contributed by atoms with Crippen molar-refractivity contribution in [1.82, 2.24) is 0 Å². The van der Waals surface area contributed by atoms with Gasteiger partial charge in [0.15, 0.2) is 5.79 Å². The topological polar surface area (TPSA) is 30.5 Å². The summed E-state index contributed by atoms with van der Waals surface area (Å²) in [5.41, 5.74) is 2.83. The summed E-state index contributed by atoms with van der Waals surface area (Å²) in [5, 5.41) is 3.75. The summed E-state index contributed by atoms with van der Waals surface area (Å²) >= 11 is 0. The number of hydrogen-bond donors (Lipinski definition) is 1. The summed E-state index contributed by atoms with van der Waals surface area (Å²) in [6, 6.07) is 9.20. The second kappa shape index (κ2) is 5.62. The number of ether oxygens (including phenoxy) is 2. The van der Waals surface area contributed by atoms with E-state index in [1.807, 2.05) is 0 Å². The molecular formula is C18H27NO2. The zero-order valence-corrected chi connectivity index (χ0v) is 13.4. The molecule has 3 rings (SSSR count). The molecule has 0 radical (unpaired) electrons. The Balaban J connectivity index is 1.66. The van der Waals surface area contributed by atoms with Gasteiger partial charge in [-0.3, -0.25) is 0 Å². The Morgan fingerprint density at radius 3 is 2.29 bits per heavy atom. The molecule has 0 amide bonds. The number of anilines is 1. The minimum absolute atomic E-state index is 0.164. The number of para-hydroxylation sites is 1. The van der Waals surface area contributed by atoms with E-state index in [1.54, 1.807) is 0 Å². The second-order valence-corrected chi connectivity index (χ2v) is 7.32. The molecule has 21 heavy (non-hydrogen) atoms. The maximum Gasteiger partial charge on any atom is 0.168 e. The molecule has 0 aromatic heterocycles. The summed E-state index contributed by atoms with van der Waals surface area (Å²) in [6.45, 7) is 8.31. The molecule has 1 aliphatic heterocycles. The summed E-state index contributed by atoms with van der Waals surface area (Å²) in [5.74, 6) is -0.262. The molecule has 3 nitrogen and oxygen atoms in total. The predicted octanol–water partition coefficient (Wildman–Crippen LogP) is 4.08. The molecule has 0 bridgehead atoms. The largest absolute Gasteiger partial charge is 0.382 e. The number of nitrogens with one attached hydrogen (secondary N) is 1. The lowest BCUT2D eigenvalue weighted by molar-refractivity contribution is -0.177. The van der Waals surface area contributed by atoms with Gasteiger partial charge in [-0.25, -0.2) is 0 Å². The Kier molecular flexibility index (Phi) is 3.98. The van der Waals surface area contributed by atoms with Crippen molar-refractivity contribution in [2.24, 2.45) is 0 Å². The zero-order valence-electron chi connectivity index (χ0n) is 13.4. The molecule has 1 heterocycles. The predicted molar refractivity (Wildman–Crippen MR) is 85.7 cm³/mol. The van der Waals surface area contributed by atoms with E-state index < -0.39 is 0 Å². The molecule has 1 spiro atoms. The SMILES string of the molecule is CC(C)(C)c1ccccc1NC1CCC2(CC1)OCCO2. The van der Waals surface area contributed by atoms with E-state index in [4.69, 9.17) is 9.47 Å². The maximum atomic E-state index is 5.81. The molecule has 1 aliphatic carbocycles. The first-order valence-electron chi connectivity index (χ1n) is 8.13. The fraction of sp³-hybridized carbons (Fsp3) is 0.667. The third-order valence-corrected chi connectivity index (χ3v) is 4.66. The van der Waals surface area contributed by atoms with Gasteiger partial charge in [-0.05, 0) is 29.9 Å². The molecule has 1 aromatic rings. The van der Waals surface area contributed by atoms with Crippen molar-refractivity contribution in [3.8, 4) is 0 Å². The summed E-state index contributed by atoms with van der Waals surface area (Å²) in [6.07, 6.45) is 4.22. The monoisotopic (exact) mass is 289 g/mol. The first-order valence-corrected chi connectivity index (χ1v) is 8.13. The van der Waals surface area contributed by atoms with Gasteiger partial charge in [0.25, 0.3) is 0 Å². The minimum Gasteiger partial charge on any atom is -0.382 e. The third-order valence-electron chi connectivity index (χ3n) is 4.66. The Bertz CT molecular complexity index is 476. The highest BCUT2D eigenvalue weighted by Gasteiger charge is 2.40. The molecular weight excluding hydrogens is 262 g/mol. The van der Waals surface area contributed by atoms with Crippen LogP contribution in [0.4, 0.5) is 5.69 Å². The number of rotatable bonds is 2. The van der Waals surface area contributed by atoms with Gasteiger partial charge in [-0.15, -0.1) is 0 Å². The number of benzene rings is 1. The van der Waals surface area contributed by atoms with Crippen LogP contribution in [0.2, 0.25) is 0 Å². The first-order chi connectivity index (χ1) is 9.99. The molecule has 2 fully saturated rings. The van der Waals surface area contributed by atoms with Gasteiger partial charge < -0.3 is 14.8 Å². The van der Waals surface area contributed by atoms with Crippen molar-refractivity contribution in [2.75, 3.05) is 18.5 Å². The van der Waals surface area contributed by atoms with Crippen LogP contribution >= 0.6 is 0 Å². The van der Waals surface area contributed by atoms with Gasteiger partial charge in [-0.1, -0.05) is 39.0 Å². The molecule has 1 saturated carbocycles. The van der Waals surface area contributed by atoms with Gasteiger partial charge in [0.05, 0.1) is 13.2 Å². The average molecular weight is 289 g/mol. The third kappa shape index (κ3) is 3.24. The van der Waals surface area contributed by atoms with Crippen LogP contribution in [0.1, 0.15) is 52.0 Å². The van der Waals surface area contributed by atoms with Crippen molar-refractivity contribution in [3.05, 3.63) is 29.8 Å². The maximum absolute atomic E-state index is 5.81. The van der Waals surface area contributed by atoms with E-state index in [0.29, 0.717) is 6.04 Å². The normalized spacial score (nSPS) is 22.6. The van der Waals surface area contributed by atoms with Crippen LogP contribution in [0.5, 0.6) is 0 Å². The molecule has 0 unspecified atom stereocenters. The Hall–Kier alpha value is -1.06. The summed E-state index contributed by atoms with van der Waals surface area (Å²) in [7, 11) is 0. The Labute approximate surface area is 128 Å². The minimum atomic E-state index is -0.262. The fourth-order valence-corrected chi connectivity index (χ4v) is 3.47. The molecule has 116 valence electrons. The number of hydrogen-bond acceptors (Lipinski definition) is 3. The van der Waals surface area contributed by atoms with E-state index in [1.165, 1.54) is 11.3 Å². The standard InChI is InChI=1S/C18H27NO2/c1-17(2,3)15-6-4-5-7-16(15)19-14-8-10-18(11-9-14)20-12-13-21-18/h4-7,14,19H,8-13H2,1-3H3. The average Bonchev–Trinajstić information content (AvgIpc) is 2.90. The molecule has 1 aromatic carbocycles. The van der Waals surface area contributed by atoms with Gasteiger partial charge in [0.1, 0.15) is 0 Å². The lowest BCUT2D eigenvalue weighted by Crippen LogP contribution is -2.39. The highest BCUT2D eigenvalue weighted by molar-refractivity contribution is 5.54. The van der Waals surface area contributed by atoms with E-state index in [0.717, 1.165) is 38.9 Å². The quantitative estimate of drug-likeness (QED) is 0.890. The first kappa shape index (κ1) is 14.9. The van der Waals surface area contributed by atoms with Gasteiger partial charge in [-0.2, -0.15) is 0 Å². The van der Waals surface area contributed by atoms with E-state index in [9.17, 15) is 0 Å². The van der Waals surface area contributed by atoms with Crippen molar-refractivity contribution < 1.29 is 9.47 Å². The van der Waals surface area contributed by atoms with Crippen molar-refractivity contribution in [1.29, 1.82) is 0 Å². The Morgan fingerprint density at radius 2 is 1.67 bits per heavy atom. The van der Waals surface area contributed by atoms with Crippen molar-refractivity contribution >= 4 is 5.69 Å². The molecule has 0 atom stereocenters. The van der Waals surface area contributed by atoms with Crippen LogP contribution in [0.15, 0.2) is 24.3 Å². The van der Waals surface area contributed by atoms with Crippen LogP contribution in [0.3, 0.4) is 0 Å². The molecule has 1 saturated heterocycles. The molecule has 1 N–H and O–H groups in total. The van der Waals surface area contributed by atoms with Crippen LogP contribution in [-0.2, 0) is 14.9 Å². The summed E-state index contributed by atoms with van der Waals surface area (Å²) < 4.78 is 11.6. The van der Waals surface area contributed by atoms with Crippen LogP contribution < -0.4 is 5.32 Å². The van der Waals surface area contributed by atoms with Gasteiger partial charge in [0.2, 0.25) is 0 Å². The summed E-state index contributed by atoms with van der Waals surface area (Å²) in [4.78, 5) is 0. The highest BCUT2D eigenvalue weighted by atomic mass is 16.7. The molecule has 2 aliphatic rings. The lowest BCUT2D eigenvalue weighted by Gasteiger charge is -2.36. The smallest absolute Gasteiger partial charge is 0.168 e. The van der Waals surface area contributed by atoms with E-state index in [-0.39, 0.29) is 11.2 Å². The lowest BCUT2D eigenvalue weighted by atomic mass is 9.84. The van der Waals surface area contributed by atoms with Crippen molar-refractivity contribution in [3.63, 3.8) is 0 Å². The Morgan fingerprint density at radius 1 is 1.05 bits per heavy atom. The highest BCUT2D eigenvalue weighted by Crippen LogP contribution is 2.37. The van der Waals surface area contributed by atoms with Gasteiger partial charge in [0, 0.05) is 24.6 Å².